The number of hydrogen-bond acceptors (Lipinski definition) is 26. The number of aromatic nitrogens is 4. The number of benzene rings is 7. The van der Waals surface area contributed by atoms with E-state index in [0.29, 0.717) is 0 Å². The summed E-state index contributed by atoms with van der Waals surface area (Å²) in [5, 5.41) is 283. The molecule has 0 saturated heterocycles. The van der Waals surface area contributed by atoms with E-state index in [9.17, 15) is 128 Å². The summed E-state index contributed by atoms with van der Waals surface area (Å²) in [5.74, 6) is -42.5. The third-order valence-corrected chi connectivity index (χ3v) is 14.0. The molecule has 0 unspecified atom stereocenters. The van der Waals surface area contributed by atoms with E-state index in [2.05, 4.69) is 4.98 Å². The molecule has 0 fully saturated rings. The number of rotatable bonds is 4. The van der Waals surface area contributed by atoms with Gasteiger partial charge in [0.25, 0.3) is 0 Å². The molecule has 10 radical (unpaired) electrons. The smallest absolute Gasteiger partial charge is 0.206 e. The summed E-state index contributed by atoms with van der Waals surface area (Å²) in [6, 6.07) is 0. The lowest BCUT2D eigenvalue weighted by Gasteiger charge is -2.24. The fourth-order valence-electron chi connectivity index (χ4n) is 10.2. The van der Waals surface area contributed by atoms with Crippen molar-refractivity contribution in [1.29, 1.82) is 0 Å². The molecule has 0 spiro atoms. The number of nitrogens with zero attached hydrogens (tertiary/aromatic N) is 4. The molecule has 4 aromatic heterocycles. The molecule has 0 amide bonds. The third kappa shape index (κ3) is 5.78. The van der Waals surface area contributed by atoms with Crippen LogP contribution in [-0.4, -0.2) is 186 Å². The van der Waals surface area contributed by atoms with Gasteiger partial charge in [-0.2, -0.15) is 0 Å². The van der Waals surface area contributed by atoms with E-state index in [1.54, 1.807) is 0 Å². The largest absolute Gasteiger partial charge is 0.508 e. The zero-order valence-corrected chi connectivity index (χ0v) is 39.4. The number of fused-ring (bicyclic) bond motifs is 9. The molecule has 81 heavy (non-hydrogen) atoms. The van der Waals surface area contributed by atoms with Gasteiger partial charge in [0.15, 0.2) is 92.1 Å². The van der Waals surface area contributed by atoms with E-state index in [-0.39, 0.29) is 13.7 Å². The lowest BCUT2D eigenvalue weighted by Crippen LogP contribution is -2.26. The van der Waals surface area contributed by atoms with Crippen molar-refractivity contribution in [1.82, 2.24) is 18.7 Å². The fraction of sp³-hybridized carbons (Fsp3) is 0. The number of phenolic OH excluding ortho intramolecular Hbond substituents is 23. The monoisotopic (exact) mass is 1100 g/mol. The van der Waals surface area contributed by atoms with Crippen molar-refractivity contribution in [3.8, 4) is 172 Å². The van der Waals surface area contributed by atoms with Crippen molar-refractivity contribution < 1.29 is 128 Å². The van der Waals surface area contributed by atoms with Crippen LogP contribution in [0.2, 0.25) is 0 Å². The Balaban J connectivity index is 1.51. The van der Waals surface area contributed by atoms with Crippen LogP contribution in [0.25, 0.3) is 93.9 Å². The molecular formula is C47H25B5N4O25. The summed E-state index contributed by atoms with van der Waals surface area (Å²) in [7, 11) is 29.9. The van der Waals surface area contributed by atoms with Crippen LogP contribution in [0.15, 0.2) is 0 Å². The Hall–Kier alpha value is -11.6. The van der Waals surface area contributed by atoms with E-state index < -0.39 is 265 Å². The molecule has 29 nitrogen and oxygen atoms in total. The summed E-state index contributed by atoms with van der Waals surface area (Å²) in [5.41, 5.74) is -17.5. The first-order chi connectivity index (χ1) is 37.8. The molecule has 11 rings (SSSR count). The molecular weight excluding hydrogens is 1070 g/mol. The summed E-state index contributed by atoms with van der Waals surface area (Å²) >= 11 is 0. The SMILES string of the molecule is [B]c1c([B])c(O)c2c(c1O)c1c(O)c(O)c([B])c(O)c1n2-c1nc(-n2c3c(O)c([B])c(O)c(O)c3c3c(O)c(O)c(O)c(O)c32)c(O)c(-c2c(O)c(O)c(O)c(O)c2-n2c3c(O)c(O)c([B])c(O)c3c3c(O)c(O)c(O)c(O)c32)c1O. The molecule has 34 heteroatoms. The number of hydrogen-bond donors (Lipinski definition) is 25. The van der Waals surface area contributed by atoms with Crippen molar-refractivity contribution >= 4 is 132 Å². The standard InChI is InChI=1S/C47H25B5N4O25/c48-9-10(49)30(66)14-1(21(9)57)3-15(31(67)12(51)33(69)23(3)59)55(14)46-28(64)8(29(65)47(53-46)56-16-5(24(60)34(70)13(52)32(16)68)6-20(56)39(75)45(81)41(77)26(6)62)7-19(38(74)44(80)42(78)27(7)63)54-17-2(22(58)11(50)35(71)36(17)72)4-18(54)37(73)43(79)40(76)25(4)61/h57-81H. The molecule has 4 heterocycles. The lowest BCUT2D eigenvalue weighted by atomic mass is 9.78. The highest BCUT2D eigenvalue weighted by atomic mass is 16.4. The topological polar surface area (TPSA) is 533 Å². The average molecular weight is 1100 g/mol. The lowest BCUT2D eigenvalue weighted by molar-refractivity contribution is 0.345. The van der Waals surface area contributed by atoms with Gasteiger partial charge >= 0.3 is 0 Å². The fourth-order valence-corrected chi connectivity index (χ4v) is 10.2. The highest BCUT2D eigenvalue weighted by Gasteiger charge is 2.41. The first-order valence-electron chi connectivity index (χ1n) is 22.0. The van der Waals surface area contributed by atoms with Gasteiger partial charge in [-0.25, -0.2) is 4.98 Å². The van der Waals surface area contributed by atoms with E-state index in [1.807, 2.05) is 0 Å². The molecule has 398 valence electrons. The van der Waals surface area contributed by atoms with E-state index in [1.165, 1.54) is 0 Å². The highest BCUT2D eigenvalue weighted by molar-refractivity contribution is 6.53. The summed E-state index contributed by atoms with van der Waals surface area (Å²) < 4.78 is 0.531. The molecule has 11 aromatic rings. The number of aromatic hydroxyl groups is 25. The maximum atomic E-state index is 13.0. The third-order valence-electron chi connectivity index (χ3n) is 14.0. The van der Waals surface area contributed by atoms with E-state index in [4.69, 9.17) is 39.2 Å². The van der Waals surface area contributed by atoms with Crippen molar-refractivity contribution in [2.45, 2.75) is 0 Å². The minimum atomic E-state index is -1.92. The maximum absolute atomic E-state index is 13.0. The van der Waals surface area contributed by atoms with Gasteiger partial charge in [0.1, 0.15) is 107 Å². The number of pyridine rings is 1. The molecule has 0 saturated carbocycles. The molecule has 0 aliphatic rings. The van der Waals surface area contributed by atoms with E-state index in [0.717, 1.165) is 0 Å². The Labute approximate surface area is 449 Å². The first-order valence-corrected chi connectivity index (χ1v) is 22.0. The van der Waals surface area contributed by atoms with Gasteiger partial charge in [-0.05, 0) is 16.4 Å². The molecule has 0 bridgehead atoms. The Morgan fingerprint density at radius 3 is 0.852 bits per heavy atom. The van der Waals surface area contributed by atoms with E-state index >= 15 is 0 Å². The van der Waals surface area contributed by atoms with Gasteiger partial charge < -0.3 is 128 Å². The Morgan fingerprint density at radius 1 is 0.198 bits per heavy atom. The second-order valence-electron chi connectivity index (χ2n) is 18.0. The van der Waals surface area contributed by atoms with Crippen LogP contribution in [0, 0.1) is 0 Å². The normalized spacial score (nSPS) is 12.0. The molecule has 0 aliphatic carbocycles. The Bertz CT molecular complexity index is 4480. The Kier molecular flexibility index (Phi) is 10.2. The average Bonchev–Trinajstić information content (AvgIpc) is 2.88. The van der Waals surface area contributed by atoms with Crippen LogP contribution < -0.4 is 27.3 Å². The van der Waals surface area contributed by atoms with Crippen LogP contribution in [-0.2, 0) is 0 Å². The van der Waals surface area contributed by atoms with Crippen molar-refractivity contribution in [3.63, 3.8) is 0 Å². The molecule has 7 aromatic carbocycles. The molecule has 0 atom stereocenters. The predicted octanol–water partition coefficient (Wildman–Crippen LogP) is -1.35. The zero-order valence-electron chi connectivity index (χ0n) is 39.4. The summed E-state index contributed by atoms with van der Waals surface area (Å²) in [6.45, 7) is 0. The van der Waals surface area contributed by atoms with Crippen molar-refractivity contribution in [3.05, 3.63) is 0 Å². The minimum Gasteiger partial charge on any atom is -0.508 e. The van der Waals surface area contributed by atoms with Gasteiger partial charge in [0.05, 0.1) is 43.4 Å². The van der Waals surface area contributed by atoms with Crippen LogP contribution in [0.3, 0.4) is 0 Å². The second kappa shape index (κ2) is 16.0. The quantitative estimate of drug-likeness (QED) is 0.0550. The van der Waals surface area contributed by atoms with Crippen LogP contribution in [0.1, 0.15) is 0 Å². The second-order valence-corrected chi connectivity index (χ2v) is 18.0. The highest BCUT2D eigenvalue weighted by Crippen LogP contribution is 2.64. The Morgan fingerprint density at radius 2 is 0.444 bits per heavy atom. The minimum absolute atomic E-state index is 0.0922. The van der Waals surface area contributed by atoms with Crippen LogP contribution in [0.5, 0.6) is 144 Å². The van der Waals surface area contributed by atoms with Crippen LogP contribution in [0.4, 0.5) is 0 Å². The van der Waals surface area contributed by atoms with Gasteiger partial charge in [-0.15, -0.1) is 0 Å². The summed E-state index contributed by atoms with van der Waals surface area (Å²) in [6.07, 6.45) is 0. The summed E-state index contributed by atoms with van der Waals surface area (Å²) in [4.78, 5) is 4.23. The van der Waals surface area contributed by atoms with Gasteiger partial charge in [0, 0.05) is 0 Å². The maximum Gasteiger partial charge on any atom is 0.206 e. The van der Waals surface area contributed by atoms with Gasteiger partial charge in [-0.1, -0.05) is 10.9 Å². The van der Waals surface area contributed by atoms with Crippen molar-refractivity contribution in [2.75, 3.05) is 0 Å². The van der Waals surface area contributed by atoms with Gasteiger partial charge in [0.2, 0.25) is 34.5 Å². The molecule has 0 aliphatic heterocycles. The predicted molar refractivity (Wildman–Crippen MR) is 281 cm³/mol. The molecule has 25 N–H and O–H groups in total. The van der Waals surface area contributed by atoms with Crippen molar-refractivity contribution in [2.24, 2.45) is 0 Å². The van der Waals surface area contributed by atoms with Crippen LogP contribution >= 0.6 is 0 Å². The zero-order chi connectivity index (χ0) is 59.6. The van der Waals surface area contributed by atoms with Gasteiger partial charge in [-0.3, -0.25) is 13.7 Å². The number of phenols is 23. The first kappa shape index (κ1) is 51.5.